The van der Waals surface area contributed by atoms with Crippen molar-refractivity contribution in [3.8, 4) is 5.75 Å². The van der Waals surface area contributed by atoms with E-state index in [1.54, 1.807) is 30.1 Å². The first-order valence-electron chi connectivity index (χ1n) is 6.13. The number of hydrogen-bond acceptors (Lipinski definition) is 4. The maximum atomic E-state index is 13.7. The van der Waals surface area contributed by atoms with Gasteiger partial charge in [-0.05, 0) is 34.5 Å². The molecule has 1 atom stereocenters. The van der Waals surface area contributed by atoms with Crippen molar-refractivity contribution in [2.75, 3.05) is 7.11 Å². The summed E-state index contributed by atoms with van der Waals surface area (Å²) in [5, 5.41) is 4.24. The molecule has 0 saturated carbocycles. The molecule has 1 heterocycles. The zero-order chi connectivity index (χ0) is 14.7. The SMILES string of the molecule is CCn1ncc(OC)c1C(NN)c1cccc(F)c1Br. The van der Waals surface area contributed by atoms with Crippen LogP contribution in [0.25, 0.3) is 0 Å². The first-order valence-corrected chi connectivity index (χ1v) is 6.93. The molecule has 0 bridgehead atoms. The number of nitrogens with one attached hydrogen (secondary N) is 1. The Morgan fingerprint density at radius 3 is 2.90 bits per heavy atom. The van der Waals surface area contributed by atoms with Crippen LogP contribution in [0.15, 0.2) is 28.9 Å². The Balaban J connectivity index is 2.58. The monoisotopic (exact) mass is 342 g/mol. The normalized spacial score (nSPS) is 12.4. The van der Waals surface area contributed by atoms with Gasteiger partial charge in [0.05, 0.1) is 23.8 Å². The summed E-state index contributed by atoms with van der Waals surface area (Å²) >= 11 is 3.26. The Kier molecular flexibility index (Phi) is 4.74. The molecule has 7 heteroatoms. The van der Waals surface area contributed by atoms with Crippen LogP contribution in [0.5, 0.6) is 5.75 Å². The summed E-state index contributed by atoms with van der Waals surface area (Å²) in [7, 11) is 1.56. The van der Waals surface area contributed by atoms with Crippen LogP contribution in [0, 0.1) is 5.82 Å². The number of halogens is 2. The summed E-state index contributed by atoms with van der Waals surface area (Å²) < 4.78 is 21.2. The molecule has 3 N–H and O–H groups in total. The molecule has 0 spiro atoms. The minimum Gasteiger partial charge on any atom is -0.493 e. The Labute approximate surface area is 125 Å². The van der Waals surface area contributed by atoms with Crippen LogP contribution in [0.3, 0.4) is 0 Å². The van der Waals surface area contributed by atoms with Gasteiger partial charge in [-0.25, -0.2) is 9.82 Å². The second-order valence-corrected chi connectivity index (χ2v) is 4.95. The lowest BCUT2D eigenvalue weighted by atomic mass is 10.0. The molecule has 5 nitrogen and oxygen atoms in total. The summed E-state index contributed by atoms with van der Waals surface area (Å²) in [6.45, 7) is 2.62. The number of aryl methyl sites for hydroxylation is 1. The van der Waals surface area contributed by atoms with Gasteiger partial charge in [-0.1, -0.05) is 12.1 Å². The third-order valence-electron chi connectivity index (χ3n) is 3.10. The van der Waals surface area contributed by atoms with Crippen LogP contribution in [-0.2, 0) is 6.54 Å². The van der Waals surface area contributed by atoms with E-state index >= 15 is 0 Å². The molecule has 0 amide bonds. The second kappa shape index (κ2) is 6.34. The van der Waals surface area contributed by atoms with Crippen molar-refractivity contribution in [1.29, 1.82) is 0 Å². The maximum absolute atomic E-state index is 13.7. The van der Waals surface area contributed by atoms with Crippen molar-refractivity contribution in [2.24, 2.45) is 5.84 Å². The average molecular weight is 343 g/mol. The molecule has 20 heavy (non-hydrogen) atoms. The topological polar surface area (TPSA) is 65.1 Å². The van der Waals surface area contributed by atoms with Crippen LogP contribution >= 0.6 is 15.9 Å². The lowest BCUT2D eigenvalue weighted by molar-refractivity contribution is 0.399. The van der Waals surface area contributed by atoms with Gasteiger partial charge in [0.15, 0.2) is 5.75 Å². The summed E-state index contributed by atoms with van der Waals surface area (Å²) in [5.41, 5.74) is 4.14. The average Bonchev–Trinajstić information content (AvgIpc) is 2.87. The first kappa shape index (κ1) is 15.0. The van der Waals surface area contributed by atoms with Crippen LogP contribution in [0.1, 0.15) is 24.2 Å². The fourth-order valence-electron chi connectivity index (χ4n) is 2.14. The fourth-order valence-corrected chi connectivity index (χ4v) is 2.63. The van der Waals surface area contributed by atoms with Gasteiger partial charge < -0.3 is 4.74 Å². The molecule has 1 aromatic heterocycles. The molecule has 0 aliphatic carbocycles. The number of nitrogens with zero attached hydrogens (tertiary/aromatic N) is 2. The number of hydrazine groups is 1. The molecule has 1 unspecified atom stereocenters. The molecule has 0 aliphatic rings. The predicted molar refractivity (Wildman–Crippen MR) is 77.7 cm³/mol. The summed E-state index contributed by atoms with van der Waals surface area (Å²) in [6.07, 6.45) is 1.62. The first-order chi connectivity index (χ1) is 9.63. The molecule has 2 rings (SSSR count). The number of ether oxygens (including phenoxy) is 1. The quantitative estimate of drug-likeness (QED) is 0.646. The minimum atomic E-state index is -0.433. The molecule has 108 valence electrons. The van der Waals surface area contributed by atoms with Crippen molar-refractivity contribution in [1.82, 2.24) is 15.2 Å². The van der Waals surface area contributed by atoms with Crippen LogP contribution in [0.2, 0.25) is 0 Å². The van der Waals surface area contributed by atoms with E-state index in [0.717, 1.165) is 5.69 Å². The van der Waals surface area contributed by atoms with Crippen LogP contribution < -0.4 is 16.0 Å². The van der Waals surface area contributed by atoms with E-state index in [2.05, 4.69) is 26.5 Å². The molecule has 0 saturated heterocycles. The van der Waals surface area contributed by atoms with Crippen molar-refractivity contribution in [3.05, 3.63) is 45.9 Å². The van der Waals surface area contributed by atoms with Gasteiger partial charge in [0, 0.05) is 6.54 Å². The van der Waals surface area contributed by atoms with Gasteiger partial charge in [0.2, 0.25) is 0 Å². The number of methoxy groups -OCH3 is 1. The Bertz CT molecular complexity index is 581. The minimum absolute atomic E-state index is 0.343. The number of hydrogen-bond donors (Lipinski definition) is 2. The Hall–Kier alpha value is -1.44. The van der Waals surface area contributed by atoms with E-state index in [4.69, 9.17) is 10.6 Å². The van der Waals surface area contributed by atoms with Gasteiger partial charge in [0.1, 0.15) is 11.5 Å². The van der Waals surface area contributed by atoms with Crippen molar-refractivity contribution in [3.63, 3.8) is 0 Å². The van der Waals surface area contributed by atoms with E-state index in [-0.39, 0.29) is 5.82 Å². The molecule has 0 aliphatic heterocycles. The standard InChI is InChI=1S/C13H16BrFN4O/c1-3-19-13(10(20-2)7-17-19)12(18-16)8-5-4-6-9(15)11(8)14/h4-7,12,18H,3,16H2,1-2H3. The molecule has 0 radical (unpaired) electrons. The lowest BCUT2D eigenvalue weighted by Crippen LogP contribution is -2.31. The van der Waals surface area contributed by atoms with E-state index in [9.17, 15) is 4.39 Å². The van der Waals surface area contributed by atoms with Gasteiger partial charge in [-0.3, -0.25) is 10.5 Å². The highest BCUT2D eigenvalue weighted by Gasteiger charge is 2.24. The van der Waals surface area contributed by atoms with Gasteiger partial charge in [-0.15, -0.1) is 0 Å². The van der Waals surface area contributed by atoms with E-state index < -0.39 is 6.04 Å². The van der Waals surface area contributed by atoms with Crippen molar-refractivity contribution in [2.45, 2.75) is 19.5 Å². The molecule has 2 aromatic rings. The Morgan fingerprint density at radius 1 is 1.55 bits per heavy atom. The zero-order valence-electron chi connectivity index (χ0n) is 11.2. The van der Waals surface area contributed by atoms with Crippen LogP contribution in [0.4, 0.5) is 4.39 Å². The molecular weight excluding hydrogens is 327 g/mol. The van der Waals surface area contributed by atoms with Gasteiger partial charge in [-0.2, -0.15) is 5.10 Å². The highest BCUT2D eigenvalue weighted by molar-refractivity contribution is 9.10. The Morgan fingerprint density at radius 2 is 2.30 bits per heavy atom. The summed E-state index contributed by atoms with van der Waals surface area (Å²) in [5.74, 6) is 5.93. The van der Waals surface area contributed by atoms with Crippen LogP contribution in [-0.4, -0.2) is 16.9 Å². The molecule has 1 aromatic carbocycles. The van der Waals surface area contributed by atoms with Gasteiger partial charge in [0.25, 0.3) is 0 Å². The number of rotatable bonds is 5. The van der Waals surface area contributed by atoms with E-state index in [0.29, 0.717) is 22.3 Å². The predicted octanol–water partition coefficient (Wildman–Crippen LogP) is 2.37. The third kappa shape index (κ3) is 2.56. The molecule has 0 fully saturated rings. The van der Waals surface area contributed by atoms with Gasteiger partial charge >= 0.3 is 0 Å². The maximum Gasteiger partial charge on any atom is 0.161 e. The molecular formula is C13H16BrFN4O. The van der Waals surface area contributed by atoms with E-state index in [1.165, 1.54) is 6.07 Å². The smallest absolute Gasteiger partial charge is 0.161 e. The van der Waals surface area contributed by atoms with E-state index in [1.807, 2.05) is 6.92 Å². The fraction of sp³-hybridized carbons (Fsp3) is 0.308. The summed E-state index contributed by atoms with van der Waals surface area (Å²) in [4.78, 5) is 0. The highest BCUT2D eigenvalue weighted by atomic mass is 79.9. The number of benzene rings is 1. The zero-order valence-corrected chi connectivity index (χ0v) is 12.8. The number of aromatic nitrogens is 2. The van der Waals surface area contributed by atoms with Crippen molar-refractivity contribution < 1.29 is 9.13 Å². The summed E-state index contributed by atoms with van der Waals surface area (Å²) in [6, 6.07) is 4.39. The highest BCUT2D eigenvalue weighted by Crippen LogP contribution is 2.34. The number of nitrogens with two attached hydrogens (primary N) is 1. The second-order valence-electron chi connectivity index (χ2n) is 4.16. The lowest BCUT2D eigenvalue weighted by Gasteiger charge is -2.20. The third-order valence-corrected chi connectivity index (χ3v) is 3.93. The largest absolute Gasteiger partial charge is 0.493 e. The van der Waals surface area contributed by atoms with Crippen molar-refractivity contribution >= 4 is 15.9 Å².